The van der Waals surface area contributed by atoms with Crippen LogP contribution in [0.15, 0.2) is 65.1 Å². The first kappa shape index (κ1) is 20.8. The molecule has 168 valence electrons. The van der Waals surface area contributed by atoms with Crippen LogP contribution in [0.2, 0.25) is 0 Å². The molecule has 0 saturated carbocycles. The summed E-state index contributed by atoms with van der Waals surface area (Å²) in [5.41, 5.74) is 2.64. The van der Waals surface area contributed by atoms with Gasteiger partial charge in [-0.25, -0.2) is 9.59 Å². The summed E-state index contributed by atoms with van der Waals surface area (Å²) in [4.78, 5) is 38.1. The van der Waals surface area contributed by atoms with E-state index in [2.05, 4.69) is 22.0 Å². The normalized spacial score (nSPS) is 19.6. The van der Waals surface area contributed by atoms with Crippen LogP contribution in [0.3, 0.4) is 0 Å². The Bertz CT molecular complexity index is 1220. The van der Waals surface area contributed by atoms with E-state index >= 15 is 0 Å². The lowest BCUT2D eigenvalue weighted by molar-refractivity contribution is -0.123. The van der Waals surface area contributed by atoms with E-state index < -0.39 is 11.6 Å². The van der Waals surface area contributed by atoms with Crippen molar-refractivity contribution in [2.45, 2.75) is 32.0 Å². The highest BCUT2D eigenvalue weighted by Gasteiger charge is 2.43. The van der Waals surface area contributed by atoms with Crippen LogP contribution in [0.4, 0.5) is 9.59 Å². The molecule has 5 amide bonds. The van der Waals surface area contributed by atoms with E-state index in [1.807, 2.05) is 42.5 Å². The lowest BCUT2D eigenvalue weighted by atomic mass is 9.91. The number of urea groups is 2. The summed E-state index contributed by atoms with van der Waals surface area (Å²) in [6, 6.07) is 18.6. The number of amides is 5. The summed E-state index contributed by atoms with van der Waals surface area (Å²) >= 11 is 0. The van der Waals surface area contributed by atoms with Gasteiger partial charge in [-0.1, -0.05) is 54.6 Å². The third kappa shape index (κ3) is 3.95. The number of fused-ring (bicyclic) bond motifs is 1. The molecule has 2 aromatic carbocycles. The summed E-state index contributed by atoms with van der Waals surface area (Å²) in [5, 5.41) is 7.85. The monoisotopic (exact) mass is 444 g/mol. The minimum Gasteiger partial charge on any atom is -0.459 e. The molecule has 0 bridgehead atoms. The SMILES string of the molecule is CC1(c2ccc(CNC(=O)N3CCc4cc(-c5ccccc5)oc4C3)cc2)NC(=O)NC1=O. The Kier molecular flexibility index (Phi) is 5.12. The van der Waals surface area contributed by atoms with Crippen LogP contribution in [0.25, 0.3) is 11.3 Å². The molecular formula is C25H24N4O4. The molecule has 3 aromatic rings. The fourth-order valence-electron chi connectivity index (χ4n) is 4.23. The third-order valence-electron chi connectivity index (χ3n) is 6.25. The summed E-state index contributed by atoms with van der Waals surface area (Å²) in [6.45, 7) is 3.07. The Labute approximate surface area is 191 Å². The van der Waals surface area contributed by atoms with Crippen molar-refractivity contribution in [1.29, 1.82) is 0 Å². The average Bonchev–Trinajstić information content (AvgIpc) is 3.38. The van der Waals surface area contributed by atoms with Crippen molar-refractivity contribution in [1.82, 2.24) is 20.9 Å². The second-order valence-corrected chi connectivity index (χ2v) is 8.49. The van der Waals surface area contributed by atoms with Crippen molar-refractivity contribution in [2.75, 3.05) is 6.54 Å². The summed E-state index contributed by atoms with van der Waals surface area (Å²) in [5.74, 6) is 1.26. The number of carbonyl (C=O) groups excluding carboxylic acids is 3. The van der Waals surface area contributed by atoms with Gasteiger partial charge in [0.2, 0.25) is 0 Å². The van der Waals surface area contributed by atoms with Crippen LogP contribution in [0.5, 0.6) is 0 Å². The van der Waals surface area contributed by atoms with E-state index in [-0.39, 0.29) is 11.9 Å². The van der Waals surface area contributed by atoms with Gasteiger partial charge in [-0.3, -0.25) is 10.1 Å². The highest BCUT2D eigenvalue weighted by Crippen LogP contribution is 2.29. The second kappa shape index (κ2) is 8.12. The molecule has 0 spiro atoms. The van der Waals surface area contributed by atoms with Crippen molar-refractivity contribution in [3.63, 3.8) is 0 Å². The minimum absolute atomic E-state index is 0.156. The molecule has 0 aliphatic carbocycles. The maximum Gasteiger partial charge on any atom is 0.322 e. The van der Waals surface area contributed by atoms with Gasteiger partial charge in [0.1, 0.15) is 17.1 Å². The molecule has 1 atom stereocenters. The summed E-state index contributed by atoms with van der Waals surface area (Å²) < 4.78 is 6.04. The molecule has 1 fully saturated rings. The first-order valence-corrected chi connectivity index (χ1v) is 10.9. The highest BCUT2D eigenvalue weighted by atomic mass is 16.3. The lowest BCUT2D eigenvalue weighted by Crippen LogP contribution is -2.42. The van der Waals surface area contributed by atoms with Gasteiger partial charge in [0.25, 0.3) is 5.91 Å². The quantitative estimate of drug-likeness (QED) is 0.537. The van der Waals surface area contributed by atoms with Gasteiger partial charge < -0.3 is 20.0 Å². The zero-order valence-corrected chi connectivity index (χ0v) is 18.2. The maximum absolute atomic E-state index is 12.7. The standard InChI is InChI=1S/C25H24N4O4/c1-25(22(30)27-23(31)28-25)19-9-7-16(8-10-19)14-26-24(32)29-12-11-18-13-20(33-21(18)15-29)17-5-3-2-4-6-17/h2-10,13H,11-12,14-15H2,1H3,(H,26,32)(H2,27,28,30,31). The molecule has 8 nitrogen and oxygen atoms in total. The molecule has 1 unspecified atom stereocenters. The highest BCUT2D eigenvalue weighted by molar-refractivity contribution is 6.07. The van der Waals surface area contributed by atoms with Gasteiger partial charge in [-0.15, -0.1) is 0 Å². The smallest absolute Gasteiger partial charge is 0.322 e. The largest absolute Gasteiger partial charge is 0.459 e. The first-order chi connectivity index (χ1) is 15.9. The van der Waals surface area contributed by atoms with E-state index in [4.69, 9.17) is 4.42 Å². The number of carbonyl (C=O) groups is 3. The van der Waals surface area contributed by atoms with Crippen molar-refractivity contribution < 1.29 is 18.8 Å². The molecule has 1 aromatic heterocycles. The van der Waals surface area contributed by atoms with Crippen LogP contribution in [0.1, 0.15) is 29.4 Å². The van der Waals surface area contributed by atoms with Gasteiger partial charge >= 0.3 is 12.1 Å². The Morgan fingerprint density at radius 2 is 1.88 bits per heavy atom. The minimum atomic E-state index is -1.09. The predicted octanol–water partition coefficient (Wildman–Crippen LogP) is 3.27. The zero-order valence-electron chi connectivity index (χ0n) is 18.2. The van der Waals surface area contributed by atoms with E-state index in [1.54, 1.807) is 24.0 Å². The fraction of sp³-hybridized carbons (Fsp3) is 0.240. The Hall–Kier alpha value is -4.07. The van der Waals surface area contributed by atoms with E-state index in [0.717, 1.165) is 34.6 Å². The van der Waals surface area contributed by atoms with Crippen molar-refractivity contribution in [3.8, 4) is 11.3 Å². The van der Waals surface area contributed by atoms with Gasteiger partial charge in [-0.05, 0) is 36.1 Å². The van der Waals surface area contributed by atoms with Gasteiger partial charge in [0.05, 0.1) is 6.54 Å². The Balaban J connectivity index is 1.20. The molecule has 1 saturated heterocycles. The fourth-order valence-corrected chi connectivity index (χ4v) is 4.23. The Morgan fingerprint density at radius 1 is 1.12 bits per heavy atom. The molecule has 33 heavy (non-hydrogen) atoms. The number of rotatable bonds is 4. The number of nitrogens with one attached hydrogen (secondary N) is 3. The van der Waals surface area contributed by atoms with E-state index in [0.29, 0.717) is 25.2 Å². The van der Waals surface area contributed by atoms with E-state index in [9.17, 15) is 14.4 Å². The molecule has 2 aliphatic rings. The topological polar surface area (TPSA) is 104 Å². The second-order valence-electron chi connectivity index (χ2n) is 8.49. The van der Waals surface area contributed by atoms with E-state index in [1.165, 1.54) is 0 Å². The number of hydrogen-bond acceptors (Lipinski definition) is 4. The number of imide groups is 1. The lowest BCUT2D eigenvalue weighted by Gasteiger charge is -2.26. The Morgan fingerprint density at radius 3 is 2.58 bits per heavy atom. The summed E-state index contributed by atoms with van der Waals surface area (Å²) in [7, 11) is 0. The van der Waals surface area contributed by atoms with Gasteiger partial charge in [-0.2, -0.15) is 0 Å². The zero-order chi connectivity index (χ0) is 23.0. The van der Waals surface area contributed by atoms with Crippen LogP contribution in [0, 0.1) is 0 Å². The van der Waals surface area contributed by atoms with Gasteiger partial charge in [0, 0.05) is 18.7 Å². The maximum atomic E-state index is 12.7. The molecule has 0 radical (unpaired) electrons. The van der Waals surface area contributed by atoms with Crippen LogP contribution < -0.4 is 16.0 Å². The van der Waals surface area contributed by atoms with Crippen LogP contribution in [-0.4, -0.2) is 29.4 Å². The van der Waals surface area contributed by atoms with Crippen molar-refractivity contribution >= 4 is 18.0 Å². The van der Waals surface area contributed by atoms with Crippen molar-refractivity contribution in [3.05, 3.63) is 83.1 Å². The molecule has 3 heterocycles. The van der Waals surface area contributed by atoms with Gasteiger partial charge in [0.15, 0.2) is 0 Å². The number of nitrogens with zero attached hydrogens (tertiary/aromatic N) is 1. The average molecular weight is 444 g/mol. The number of furan rings is 1. The van der Waals surface area contributed by atoms with Crippen LogP contribution in [-0.2, 0) is 29.8 Å². The first-order valence-electron chi connectivity index (χ1n) is 10.9. The third-order valence-corrected chi connectivity index (χ3v) is 6.25. The molecule has 2 aliphatic heterocycles. The predicted molar refractivity (Wildman–Crippen MR) is 121 cm³/mol. The van der Waals surface area contributed by atoms with Crippen molar-refractivity contribution in [2.24, 2.45) is 0 Å². The molecule has 5 rings (SSSR count). The molecule has 3 N–H and O–H groups in total. The number of benzene rings is 2. The molecule has 8 heteroatoms. The summed E-state index contributed by atoms with van der Waals surface area (Å²) in [6.07, 6.45) is 0.750. The molecular weight excluding hydrogens is 420 g/mol. The number of hydrogen-bond donors (Lipinski definition) is 3. The van der Waals surface area contributed by atoms with Crippen LogP contribution >= 0.6 is 0 Å².